The van der Waals surface area contributed by atoms with Crippen molar-refractivity contribution in [2.75, 3.05) is 6.61 Å². The van der Waals surface area contributed by atoms with Crippen LogP contribution in [0.3, 0.4) is 0 Å². The molecule has 2 aromatic rings. The monoisotopic (exact) mass is 633 g/mol. The normalized spacial score (nSPS) is 20.8. The number of carbonyl (C=O) groups excluding carboxylic acids is 5. The van der Waals surface area contributed by atoms with Gasteiger partial charge in [0, 0.05) is 58.4 Å². The standard InChI is InChI=1S/C29H31NO15/c1-14(31)40-13-24-26(41-15(2)32)27(42-16(3)33)28(43-17(4)34)29(45-24)44-23-12-20(35)11-22(37)25(23)21(36)10-7-18-5-8-19(9-6-18)30(38)39/h5-6,8-9,11-12,24,26-29,35,37H,7,10,13H2,1-4H3. The van der Waals surface area contributed by atoms with Crippen molar-refractivity contribution in [1.29, 1.82) is 0 Å². The summed E-state index contributed by atoms with van der Waals surface area (Å²) >= 11 is 0. The van der Waals surface area contributed by atoms with Gasteiger partial charge in [0.05, 0.1) is 4.92 Å². The van der Waals surface area contributed by atoms with Gasteiger partial charge in [-0.2, -0.15) is 0 Å². The van der Waals surface area contributed by atoms with E-state index in [2.05, 4.69) is 0 Å². The molecule has 0 spiro atoms. The Balaban J connectivity index is 2.00. The largest absolute Gasteiger partial charge is 0.508 e. The summed E-state index contributed by atoms with van der Waals surface area (Å²) < 4.78 is 32.8. The number of ketones is 1. The van der Waals surface area contributed by atoms with Crippen LogP contribution in [0.25, 0.3) is 0 Å². The summed E-state index contributed by atoms with van der Waals surface area (Å²) in [6.45, 7) is 3.69. The number of aryl methyl sites for hydroxylation is 1. The summed E-state index contributed by atoms with van der Waals surface area (Å²) in [5, 5.41) is 31.8. The number of benzene rings is 2. The summed E-state index contributed by atoms with van der Waals surface area (Å²) in [7, 11) is 0. The van der Waals surface area contributed by atoms with Crippen LogP contribution in [0.2, 0.25) is 0 Å². The average Bonchev–Trinajstić information content (AvgIpc) is 2.93. The molecule has 5 atom stereocenters. The quantitative estimate of drug-likeness (QED) is 0.112. The number of aromatic hydroxyl groups is 2. The van der Waals surface area contributed by atoms with E-state index in [-0.39, 0.29) is 18.5 Å². The van der Waals surface area contributed by atoms with E-state index in [9.17, 15) is 44.3 Å². The number of nitro benzene ring substituents is 1. The van der Waals surface area contributed by atoms with Crippen molar-refractivity contribution < 1.29 is 67.5 Å². The predicted molar refractivity (Wildman–Crippen MR) is 148 cm³/mol. The van der Waals surface area contributed by atoms with Crippen LogP contribution in [0.1, 0.15) is 50.0 Å². The first-order valence-corrected chi connectivity index (χ1v) is 13.5. The fourth-order valence-electron chi connectivity index (χ4n) is 4.54. The molecule has 1 heterocycles. The van der Waals surface area contributed by atoms with Crippen molar-refractivity contribution in [1.82, 2.24) is 0 Å². The molecular formula is C29H31NO15. The summed E-state index contributed by atoms with van der Waals surface area (Å²) in [6, 6.07) is 7.36. The molecule has 1 saturated heterocycles. The van der Waals surface area contributed by atoms with Crippen LogP contribution < -0.4 is 4.74 Å². The molecule has 0 saturated carbocycles. The van der Waals surface area contributed by atoms with Crippen LogP contribution in [0, 0.1) is 10.1 Å². The van der Waals surface area contributed by atoms with Gasteiger partial charge in [0.2, 0.25) is 12.4 Å². The summed E-state index contributed by atoms with van der Waals surface area (Å²) in [5.41, 5.74) is 0.0404. The maximum atomic E-state index is 13.3. The minimum atomic E-state index is -1.74. The molecule has 0 aromatic heterocycles. The number of phenolic OH excluding ortho intramolecular Hbond substituents is 2. The van der Waals surface area contributed by atoms with Crippen LogP contribution in [0.15, 0.2) is 36.4 Å². The van der Waals surface area contributed by atoms with Crippen LogP contribution >= 0.6 is 0 Å². The van der Waals surface area contributed by atoms with E-state index < -0.39 is 94.7 Å². The van der Waals surface area contributed by atoms with E-state index >= 15 is 0 Å². The van der Waals surface area contributed by atoms with Gasteiger partial charge in [-0.1, -0.05) is 12.1 Å². The van der Waals surface area contributed by atoms with Crippen LogP contribution in [0.4, 0.5) is 5.69 Å². The van der Waals surface area contributed by atoms with Crippen molar-refractivity contribution in [3.63, 3.8) is 0 Å². The molecule has 0 amide bonds. The lowest BCUT2D eigenvalue weighted by Crippen LogP contribution is -2.63. The second kappa shape index (κ2) is 15.0. The molecule has 5 unspecified atom stereocenters. The number of Topliss-reactive ketones (excluding diaryl/α,β-unsaturated/α-hetero) is 1. The smallest absolute Gasteiger partial charge is 0.303 e. The zero-order valence-corrected chi connectivity index (χ0v) is 24.6. The molecule has 242 valence electrons. The van der Waals surface area contributed by atoms with Crippen molar-refractivity contribution in [3.8, 4) is 17.2 Å². The first kappa shape index (κ1) is 34.2. The SMILES string of the molecule is CC(=O)OCC1OC(Oc2cc(O)cc(O)c2C(=O)CCc2ccc([N+](=O)[O-])cc2)C(OC(C)=O)C(OC(C)=O)C1OC(C)=O. The average molecular weight is 634 g/mol. The number of carbonyl (C=O) groups is 5. The summed E-state index contributed by atoms with van der Waals surface area (Å²) in [6.07, 6.45) is -7.88. The minimum absolute atomic E-state index is 0.107. The second-order valence-corrected chi connectivity index (χ2v) is 9.87. The maximum absolute atomic E-state index is 13.3. The van der Waals surface area contributed by atoms with Gasteiger partial charge in [-0.05, 0) is 12.0 Å². The van der Waals surface area contributed by atoms with E-state index in [1.54, 1.807) is 0 Å². The molecule has 16 heteroatoms. The number of ether oxygens (including phenoxy) is 6. The van der Waals surface area contributed by atoms with E-state index in [0.29, 0.717) is 5.56 Å². The third kappa shape index (κ3) is 9.37. The topological polar surface area (TPSA) is 224 Å². The number of nitro groups is 1. The molecule has 0 radical (unpaired) electrons. The third-order valence-electron chi connectivity index (χ3n) is 6.32. The summed E-state index contributed by atoms with van der Waals surface area (Å²) in [4.78, 5) is 71.4. The minimum Gasteiger partial charge on any atom is -0.508 e. The van der Waals surface area contributed by atoms with Gasteiger partial charge in [0.25, 0.3) is 5.69 Å². The number of rotatable bonds is 12. The Bertz CT molecular complexity index is 1450. The Morgan fingerprint density at radius 2 is 1.42 bits per heavy atom. The van der Waals surface area contributed by atoms with Crippen molar-refractivity contribution in [2.24, 2.45) is 0 Å². The summed E-state index contributed by atoms with van der Waals surface area (Å²) in [5.74, 6) is -5.65. The Morgan fingerprint density at radius 1 is 0.844 bits per heavy atom. The molecule has 1 aliphatic heterocycles. The predicted octanol–water partition coefficient (Wildman–Crippen LogP) is 2.28. The van der Waals surface area contributed by atoms with Crippen molar-refractivity contribution in [3.05, 3.63) is 57.6 Å². The highest BCUT2D eigenvalue weighted by molar-refractivity contribution is 6.01. The lowest BCUT2D eigenvalue weighted by Gasteiger charge is -2.44. The molecule has 2 N–H and O–H groups in total. The number of esters is 4. The van der Waals surface area contributed by atoms with Crippen molar-refractivity contribution >= 4 is 35.3 Å². The Labute approximate surface area is 255 Å². The number of phenols is 2. The van der Waals surface area contributed by atoms with Gasteiger partial charge < -0.3 is 38.6 Å². The maximum Gasteiger partial charge on any atom is 0.303 e. The molecule has 3 rings (SSSR count). The third-order valence-corrected chi connectivity index (χ3v) is 6.32. The van der Waals surface area contributed by atoms with Gasteiger partial charge in [-0.15, -0.1) is 0 Å². The number of non-ortho nitro benzene ring substituents is 1. The van der Waals surface area contributed by atoms with E-state index in [4.69, 9.17) is 28.4 Å². The number of hydrogen-bond acceptors (Lipinski definition) is 15. The number of nitrogens with zero attached hydrogens (tertiary/aromatic N) is 1. The van der Waals surface area contributed by atoms with E-state index in [0.717, 1.165) is 39.8 Å². The fraction of sp³-hybridized carbons (Fsp3) is 0.414. The Hall–Kier alpha value is -5.25. The molecule has 1 aliphatic rings. The highest BCUT2D eigenvalue weighted by atomic mass is 16.7. The molecule has 16 nitrogen and oxygen atoms in total. The number of hydrogen-bond donors (Lipinski definition) is 2. The first-order chi connectivity index (χ1) is 21.2. The van der Waals surface area contributed by atoms with Gasteiger partial charge in [-0.25, -0.2) is 0 Å². The zero-order valence-electron chi connectivity index (χ0n) is 24.6. The highest BCUT2D eigenvalue weighted by Crippen LogP contribution is 2.37. The second-order valence-electron chi connectivity index (χ2n) is 9.87. The molecule has 0 aliphatic carbocycles. The van der Waals surface area contributed by atoms with Crippen LogP contribution in [-0.2, 0) is 49.3 Å². The van der Waals surface area contributed by atoms with E-state index in [1.165, 1.54) is 24.3 Å². The van der Waals surface area contributed by atoms with Crippen LogP contribution in [0.5, 0.6) is 17.2 Å². The van der Waals surface area contributed by atoms with Gasteiger partial charge in [0.1, 0.15) is 35.5 Å². The molecule has 0 bridgehead atoms. The van der Waals surface area contributed by atoms with Gasteiger partial charge in [-0.3, -0.25) is 34.1 Å². The lowest BCUT2D eigenvalue weighted by atomic mass is 9.97. The Kier molecular flexibility index (Phi) is 11.4. The van der Waals surface area contributed by atoms with Crippen molar-refractivity contribution in [2.45, 2.75) is 71.2 Å². The fourth-order valence-corrected chi connectivity index (χ4v) is 4.54. The highest BCUT2D eigenvalue weighted by Gasteiger charge is 2.53. The van der Waals surface area contributed by atoms with Gasteiger partial charge in [0.15, 0.2) is 18.0 Å². The molecule has 2 aromatic carbocycles. The molecule has 1 fully saturated rings. The lowest BCUT2D eigenvalue weighted by molar-refractivity contribution is -0.384. The molecular weight excluding hydrogens is 602 g/mol. The van der Waals surface area contributed by atoms with Crippen LogP contribution in [-0.4, -0.2) is 82.1 Å². The molecule has 45 heavy (non-hydrogen) atoms. The zero-order chi connectivity index (χ0) is 33.4. The van der Waals surface area contributed by atoms with E-state index in [1.807, 2.05) is 0 Å². The first-order valence-electron chi connectivity index (χ1n) is 13.5. The van der Waals surface area contributed by atoms with Gasteiger partial charge >= 0.3 is 23.9 Å². The Morgan fingerprint density at radius 3 is 1.98 bits per heavy atom.